The van der Waals surface area contributed by atoms with Gasteiger partial charge in [0, 0.05) is 12.3 Å². The molecule has 0 aliphatic rings. The van der Waals surface area contributed by atoms with Crippen molar-refractivity contribution in [2.24, 2.45) is 11.8 Å². The van der Waals surface area contributed by atoms with Crippen molar-refractivity contribution in [2.45, 2.75) is 57.7 Å². The summed E-state index contributed by atoms with van der Waals surface area (Å²) in [5, 5.41) is 26.2. The molecule has 2 amide bonds. The zero-order chi connectivity index (χ0) is 28.2. The van der Waals surface area contributed by atoms with E-state index in [1.165, 1.54) is 0 Å². The first-order valence-corrected chi connectivity index (χ1v) is 13.4. The number of carboxylic acids is 1. The van der Waals surface area contributed by atoms with Gasteiger partial charge in [0.15, 0.2) is 0 Å². The van der Waals surface area contributed by atoms with Crippen molar-refractivity contribution in [3.05, 3.63) is 108 Å². The standard InChI is InChI=1S/C32H38N2O5/c1-3-22(2)28(32(38)39)33-31(37)29(27(35)21-25-17-11-6-12-18-25)34-30(36)26(19-23-13-7-4-8-14-23)20-24-15-9-5-10-16-24/h4-18,22,26-29,35H,3,19-21H2,1-2H3,(H,33,37)(H,34,36)(H,38,39)/t22?,27-,28-,29+/m0/s1. The van der Waals surface area contributed by atoms with Crippen molar-refractivity contribution in [1.82, 2.24) is 10.6 Å². The van der Waals surface area contributed by atoms with Crippen LogP contribution in [0.2, 0.25) is 0 Å². The van der Waals surface area contributed by atoms with Gasteiger partial charge in [0.2, 0.25) is 11.8 Å². The number of nitrogens with one attached hydrogen (secondary N) is 2. The number of aliphatic carboxylic acids is 1. The summed E-state index contributed by atoms with van der Waals surface area (Å²) in [5.41, 5.74) is 2.74. The molecule has 0 fully saturated rings. The molecule has 0 aliphatic carbocycles. The molecule has 3 aromatic carbocycles. The van der Waals surface area contributed by atoms with Crippen molar-refractivity contribution >= 4 is 17.8 Å². The van der Waals surface area contributed by atoms with E-state index in [-0.39, 0.29) is 18.2 Å². The first-order chi connectivity index (χ1) is 18.8. The summed E-state index contributed by atoms with van der Waals surface area (Å²) in [5.74, 6) is -3.12. The van der Waals surface area contributed by atoms with Gasteiger partial charge in [-0.2, -0.15) is 0 Å². The Bertz CT molecular complexity index is 1150. The molecule has 0 spiro atoms. The minimum absolute atomic E-state index is 0.113. The molecule has 3 rings (SSSR count). The number of carbonyl (C=O) groups excluding carboxylic acids is 2. The van der Waals surface area contributed by atoms with Gasteiger partial charge in [-0.1, -0.05) is 111 Å². The number of carbonyl (C=O) groups is 3. The average Bonchev–Trinajstić information content (AvgIpc) is 2.95. The molecule has 0 saturated carbocycles. The monoisotopic (exact) mass is 530 g/mol. The van der Waals surface area contributed by atoms with E-state index in [1.54, 1.807) is 6.92 Å². The van der Waals surface area contributed by atoms with Crippen molar-refractivity contribution in [3.8, 4) is 0 Å². The number of benzene rings is 3. The van der Waals surface area contributed by atoms with Crippen LogP contribution in [0.1, 0.15) is 37.0 Å². The molecule has 39 heavy (non-hydrogen) atoms. The van der Waals surface area contributed by atoms with Crippen LogP contribution < -0.4 is 10.6 Å². The van der Waals surface area contributed by atoms with Crippen LogP contribution in [0, 0.1) is 11.8 Å². The first kappa shape index (κ1) is 29.6. The third-order valence-electron chi connectivity index (χ3n) is 7.05. The molecule has 4 N–H and O–H groups in total. The van der Waals surface area contributed by atoms with Gasteiger partial charge >= 0.3 is 5.97 Å². The highest BCUT2D eigenvalue weighted by Crippen LogP contribution is 2.17. The zero-order valence-electron chi connectivity index (χ0n) is 22.5. The molecule has 7 heteroatoms. The Kier molecular flexibility index (Phi) is 11.3. The van der Waals surface area contributed by atoms with E-state index in [2.05, 4.69) is 10.6 Å². The number of rotatable bonds is 14. The highest BCUT2D eigenvalue weighted by atomic mass is 16.4. The lowest BCUT2D eigenvalue weighted by atomic mass is 9.91. The Hall–Kier alpha value is -3.97. The maximum atomic E-state index is 13.7. The average molecular weight is 531 g/mol. The first-order valence-electron chi connectivity index (χ1n) is 13.4. The normalized spacial score (nSPS) is 14.2. The van der Waals surface area contributed by atoms with E-state index >= 15 is 0 Å². The summed E-state index contributed by atoms with van der Waals surface area (Å²) >= 11 is 0. The number of hydrogen-bond donors (Lipinski definition) is 4. The molecule has 206 valence electrons. The topological polar surface area (TPSA) is 116 Å². The molecule has 0 radical (unpaired) electrons. The number of amides is 2. The van der Waals surface area contributed by atoms with Crippen LogP contribution in [0.5, 0.6) is 0 Å². The maximum absolute atomic E-state index is 13.7. The summed E-state index contributed by atoms with van der Waals surface area (Å²) in [6.07, 6.45) is 0.265. The van der Waals surface area contributed by atoms with Gasteiger partial charge in [-0.15, -0.1) is 0 Å². The van der Waals surface area contributed by atoms with E-state index in [4.69, 9.17) is 0 Å². The smallest absolute Gasteiger partial charge is 0.326 e. The fourth-order valence-corrected chi connectivity index (χ4v) is 4.56. The maximum Gasteiger partial charge on any atom is 0.326 e. The van der Waals surface area contributed by atoms with Crippen molar-refractivity contribution in [3.63, 3.8) is 0 Å². The van der Waals surface area contributed by atoms with Crippen LogP contribution in [-0.4, -0.2) is 46.2 Å². The Morgan fingerprint density at radius 2 is 1.08 bits per heavy atom. The van der Waals surface area contributed by atoms with E-state index < -0.39 is 36.0 Å². The van der Waals surface area contributed by atoms with Gasteiger partial charge in [-0.3, -0.25) is 9.59 Å². The van der Waals surface area contributed by atoms with Gasteiger partial charge in [0.25, 0.3) is 0 Å². The lowest BCUT2D eigenvalue weighted by molar-refractivity contribution is -0.144. The fraction of sp³-hybridized carbons (Fsp3) is 0.344. The zero-order valence-corrected chi connectivity index (χ0v) is 22.5. The minimum Gasteiger partial charge on any atom is -0.480 e. The van der Waals surface area contributed by atoms with E-state index in [1.807, 2.05) is 97.9 Å². The summed E-state index contributed by atoms with van der Waals surface area (Å²) in [7, 11) is 0. The third-order valence-corrected chi connectivity index (χ3v) is 7.05. The highest BCUT2D eigenvalue weighted by molar-refractivity contribution is 5.91. The van der Waals surface area contributed by atoms with Crippen LogP contribution >= 0.6 is 0 Å². The predicted octanol–water partition coefficient (Wildman–Crippen LogP) is 3.79. The fourth-order valence-electron chi connectivity index (χ4n) is 4.56. The highest BCUT2D eigenvalue weighted by Gasteiger charge is 2.35. The van der Waals surface area contributed by atoms with Crippen LogP contribution in [0.4, 0.5) is 0 Å². The van der Waals surface area contributed by atoms with Gasteiger partial charge in [-0.05, 0) is 35.4 Å². The number of aliphatic hydroxyl groups is 1. The Balaban J connectivity index is 1.87. The second kappa shape index (κ2) is 14.8. The molecule has 4 atom stereocenters. The molecule has 0 bridgehead atoms. The molecular weight excluding hydrogens is 492 g/mol. The minimum atomic E-state index is -1.34. The molecule has 3 aromatic rings. The van der Waals surface area contributed by atoms with Gasteiger partial charge in [0.1, 0.15) is 12.1 Å². The Morgan fingerprint density at radius 1 is 0.667 bits per heavy atom. The Labute approximate surface area is 230 Å². The Morgan fingerprint density at radius 3 is 1.49 bits per heavy atom. The van der Waals surface area contributed by atoms with Gasteiger partial charge in [0.05, 0.1) is 6.10 Å². The largest absolute Gasteiger partial charge is 0.480 e. The number of carboxylic acid groups (broad SMARTS) is 1. The van der Waals surface area contributed by atoms with Gasteiger partial charge < -0.3 is 20.8 Å². The van der Waals surface area contributed by atoms with Crippen molar-refractivity contribution in [1.29, 1.82) is 0 Å². The van der Waals surface area contributed by atoms with Crippen LogP contribution in [0.15, 0.2) is 91.0 Å². The van der Waals surface area contributed by atoms with Crippen LogP contribution in [0.25, 0.3) is 0 Å². The van der Waals surface area contributed by atoms with Crippen LogP contribution in [-0.2, 0) is 33.6 Å². The van der Waals surface area contributed by atoms with Crippen molar-refractivity contribution < 1.29 is 24.6 Å². The quantitative estimate of drug-likeness (QED) is 0.253. The van der Waals surface area contributed by atoms with E-state index in [9.17, 15) is 24.6 Å². The van der Waals surface area contributed by atoms with E-state index in [0.717, 1.165) is 16.7 Å². The summed E-state index contributed by atoms with van der Waals surface area (Å²) < 4.78 is 0. The SMILES string of the molecule is CCC(C)[C@H](NC(=O)[C@H](NC(=O)C(Cc1ccccc1)Cc1ccccc1)[C@@H](O)Cc1ccccc1)C(=O)O. The third kappa shape index (κ3) is 9.07. The van der Waals surface area contributed by atoms with Crippen LogP contribution in [0.3, 0.4) is 0 Å². The molecule has 7 nitrogen and oxygen atoms in total. The second-order valence-electron chi connectivity index (χ2n) is 10.0. The molecule has 0 aromatic heterocycles. The molecule has 1 unspecified atom stereocenters. The molecule has 0 aliphatic heterocycles. The summed E-state index contributed by atoms with van der Waals surface area (Å²) in [4.78, 5) is 39.0. The second-order valence-corrected chi connectivity index (χ2v) is 10.0. The molecule has 0 saturated heterocycles. The summed E-state index contributed by atoms with van der Waals surface area (Å²) in [6.45, 7) is 3.58. The number of hydrogen-bond acceptors (Lipinski definition) is 4. The van der Waals surface area contributed by atoms with Crippen molar-refractivity contribution in [2.75, 3.05) is 0 Å². The summed E-state index contributed by atoms with van der Waals surface area (Å²) in [6, 6.07) is 25.9. The van der Waals surface area contributed by atoms with E-state index in [0.29, 0.717) is 19.3 Å². The number of aliphatic hydroxyl groups excluding tert-OH is 1. The van der Waals surface area contributed by atoms with Gasteiger partial charge in [-0.25, -0.2) is 4.79 Å². The lowest BCUT2D eigenvalue weighted by Gasteiger charge is -2.28. The molecular formula is C32H38N2O5. The predicted molar refractivity (Wildman–Crippen MR) is 151 cm³/mol. The lowest BCUT2D eigenvalue weighted by Crippen LogP contribution is -2.58. The molecule has 0 heterocycles.